The smallest absolute Gasteiger partial charge is 0.324 e. The van der Waals surface area contributed by atoms with Crippen LogP contribution in [0.15, 0.2) is 6.33 Å². The summed E-state index contributed by atoms with van der Waals surface area (Å²) in [4.78, 5) is 3.55. The quantitative estimate of drug-likeness (QED) is 0.725. The van der Waals surface area contributed by atoms with E-state index in [1.807, 2.05) is 0 Å². The lowest BCUT2D eigenvalue weighted by molar-refractivity contribution is 0.401. The van der Waals surface area contributed by atoms with Crippen molar-refractivity contribution in [1.82, 2.24) is 18.5 Å². The van der Waals surface area contributed by atoms with Crippen molar-refractivity contribution in [3.63, 3.8) is 0 Å². The van der Waals surface area contributed by atoms with Crippen LogP contribution in [0, 0.1) is 0 Å². The van der Waals surface area contributed by atoms with E-state index < -0.39 is 10.2 Å². The molecule has 0 radical (unpaired) electrons. The van der Waals surface area contributed by atoms with Crippen LogP contribution in [-0.2, 0) is 10.2 Å². The first kappa shape index (κ1) is 10.9. The Balaban J connectivity index is 3.09. The fourth-order valence-corrected chi connectivity index (χ4v) is 1.92. The van der Waals surface area contributed by atoms with Crippen LogP contribution in [0.2, 0.25) is 0 Å². The van der Waals surface area contributed by atoms with E-state index in [4.69, 9.17) is 5.73 Å². The molecule has 1 aromatic heterocycles. The van der Waals surface area contributed by atoms with Gasteiger partial charge in [0.05, 0.1) is 0 Å². The number of hydrogen-bond acceptors (Lipinski definition) is 5. The third-order valence-electron chi connectivity index (χ3n) is 1.82. The maximum absolute atomic E-state index is 11.7. The lowest BCUT2D eigenvalue weighted by Crippen LogP contribution is -2.37. The van der Waals surface area contributed by atoms with Crippen molar-refractivity contribution in [2.75, 3.05) is 12.8 Å². The molecule has 1 aromatic rings. The van der Waals surface area contributed by atoms with Crippen LogP contribution in [-0.4, -0.2) is 40.0 Å². The van der Waals surface area contributed by atoms with E-state index in [-0.39, 0.29) is 12.0 Å². The highest BCUT2D eigenvalue weighted by molar-refractivity contribution is 7.87. The minimum absolute atomic E-state index is 0.0641. The van der Waals surface area contributed by atoms with Gasteiger partial charge in [-0.25, -0.2) is 0 Å². The van der Waals surface area contributed by atoms with Crippen molar-refractivity contribution in [2.45, 2.75) is 19.9 Å². The Labute approximate surface area is 82.7 Å². The molecule has 0 saturated heterocycles. The second-order valence-corrected chi connectivity index (χ2v) is 4.94. The van der Waals surface area contributed by atoms with E-state index in [9.17, 15) is 8.42 Å². The third kappa shape index (κ3) is 1.85. The molecule has 80 valence electrons. The van der Waals surface area contributed by atoms with Crippen molar-refractivity contribution in [3.05, 3.63) is 6.33 Å². The minimum Gasteiger partial charge on any atom is -0.366 e. The Morgan fingerprint density at radius 1 is 1.57 bits per heavy atom. The van der Waals surface area contributed by atoms with Gasteiger partial charge in [-0.15, -0.1) is 9.19 Å². The van der Waals surface area contributed by atoms with E-state index in [2.05, 4.69) is 10.1 Å². The highest BCUT2D eigenvalue weighted by Gasteiger charge is 2.23. The van der Waals surface area contributed by atoms with Gasteiger partial charge in [-0.3, -0.25) is 0 Å². The summed E-state index contributed by atoms with van der Waals surface area (Å²) in [6.07, 6.45) is 1.07. The standard InChI is InChI=1S/C6H13N5O2S/c1-5(2)10(3)14(12,13)11-4-8-6(7)9-11/h4-5H,1-3H3,(H2,7,9). The summed E-state index contributed by atoms with van der Waals surface area (Å²) in [6.45, 7) is 3.52. The molecule has 0 aromatic carbocycles. The Morgan fingerprint density at radius 2 is 2.14 bits per heavy atom. The van der Waals surface area contributed by atoms with Gasteiger partial charge in [0.15, 0.2) is 0 Å². The van der Waals surface area contributed by atoms with Crippen molar-refractivity contribution in [1.29, 1.82) is 0 Å². The molecule has 1 heterocycles. The summed E-state index contributed by atoms with van der Waals surface area (Å²) in [6, 6.07) is -0.148. The number of rotatable bonds is 3. The van der Waals surface area contributed by atoms with Crippen molar-refractivity contribution < 1.29 is 8.42 Å². The van der Waals surface area contributed by atoms with Gasteiger partial charge in [0, 0.05) is 13.1 Å². The van der Waals surface area contributed by atoms with Crippen LogP contribution in [0.5, 0.6) is 0 Å². The van der Waals surface area contributed by atoms with Crippen molar-refractivity contribution in [3.8, 4) is 0 Å². The average molecular weight is 219 g/mol. The second-order valence-electron chi connectivity index (χ2n) is 3.09. The fraction of sp³-hybridized carbons (Fsp3) is 0.667. The number of nitrogens with two attached hydrogens (primary N) is 1. The van der Waals surface area contributed by atoms with Crippen LogP contribution in [0.4, 0.5) is 5.95 Å². The number of hydrogen-bond donors (Lipinski definition) is 1. The molecule has 0 unspecified atom stereocenters. The van der Waals surface area contributed by atoms with Gasteiger partial charge in [0.1, 0.15) is 6.33 Å². The number of anilines is 1. The molecule has 8 heteroatoms. The number of nitrogen functional groups attached to an aromatic ring is 1. The highest BCUT2D eigenvalue weighted by atomic mass is 32.2. The van der Waals surface area contributed by atoms with E-state index in [1.165, 1.54) is 11.4 Å². The first-order chi connectivity index (χ1) is 6.35. The molecule has 7 nitrogen and oxygen atoms in total. The largest absolute Gasteiger partial charge is 0.366 e. The fourth-order valence-electron chi connectivity index (χ4n) is 0.771. The first-order valence-electron chi connectivity index (χ1n) is 4.01. The average Bonchev–Trinajstić information content (AvgIpc) is 2.50. The number of nitrogens with zero attached hydrogens (tertiary/aromatic N) is 4. The number of aromatic nitrogens is 3. The lowest BCUT2D eigenvalue weighted by atomic mass is 10.4. The molecule has 14 heavy (non-hydrogen) atoms. The SMILES string of the molecule is CC(C)N(C)S(=O)(=O)n1cnc(N)n1. The van der Waals surface area contributed by atoms with Gasteiger partial charge in [0.2, 0.25) is 5.95 Å². The lowest BCUT2D eigenvalue weighted by Gasteiger charge is -2.19. The molecular weight excluding hydrogens is 206 g/mol. The van der Waals surface area contributed by atoms with Gasteiger partial charge < -0.3 is 5.73 Å². The molecule has 0 atom stereocenters. The molecule has 1 rings (SSSR count). The summed E-state index contributed by atoms with van der Waals surface area (Å²) in [5, 5.41) is 3.54. The van der Waals surface area contributed by atoms with Gasteiger partial charge in [-0.1, -0.05) is 0 Å². The summed E-state index contributed by atoms with van der Waals surface area (Å²) in [5.74, 6) is -0.0641. The molecule has 0 aliphatic carbocycles. The monoisotopic (exact) mass is 219 g/mol. The summed E-state index contributed by atoms with van der Waals surface area (Å²) < 4.78 is 25.4. The van der Waals surface area contributed by atoms with E-state index in [0.29, 0.717) is 0 Å². The van der Waals surface area contributed by atoms with Gasteiger partial charge in [-0.2, -0.15) is 17.7 Å². The molecule has 2 N–H and O–H groups in total. The molecule has 0 bridgehead atoms. The molecule has 0 fully saturated rings. The van der Waals surface area contributed by atoms with Crippen molar-refractivity contribution in [2.24, 2.45) is 0 Å². The summed E-state index contributed by atoms with van der Waals surface area (Å²) in [5.41, 5.74) is 5.23. The van der Waals surface area contributed by atoms with Gasteiger partial charge >= 0.3 is 10.2 Å². The normalized spacial score (nSPS) is 12.6. The zero-order valence-corrected chi connectivity index (χ0v) is 9.06. The summed E-state index contributed by atoms with van der Waals surface area (Å²) >= 11 is 0. The minimum atomic E-state index is -3.62. The highest BCUT2D eigenvalue weighted by Crippen LogP contribution is 2.06. The second kappa shape index (κ2) is 3.54. The third-order valence-corrected chi connectivity index (χ3v) is 3.62. The predicted molar refractivity (Wildman–Crippen MR) is 51.7 cm³/mol. The molecular formula is C6H13N5O2S. The van der Waals surface area contributed by atoms with Crippen LogP contribution in [0.1, 0.15) is 13.8 Å². The van der Waals surface area contributed by atoms with Crippen LogP contribution >= 0.6 is 0 Å². The van der Waals surface area contributed by atoms with Gasteiger partial charge in [0.25, 0.3) is 0 Å². The Morgan fingerprint density at radius 3 is 2.50 bits per heavy atom. The summed E-state index contributed by atoms with van der Waals surface area (Å²) in [7, 11) is -2.15. The predicted octanol–water partition coefficient (Wildman–Crippen LogP) is -0.707. The Kier molecular flexibility index (Phi) is 2.76. The van der Waals surface area contributed by atoms with Crippen LogP contribution < -0.4 is 5.73 Å². The molecule has 0 aliphatic heterocycles. The molecule has 0 spiro atoms. The maximum Gasteiger partial charge on any atom is 0.324 e. The van der Waals surface area contributed by atoms with Crippen LogP contribution in [0.25, 0.3) is 0 Å². The molecule has 0 aliphatic rings. The first-order valence-corrected chi connectivity index (χ1v) is 5.41. The Bertz CT molecular complexity index is 410. The van der Waals surface area contributed by atoms with Crippen LogP contribution in [0.3, 0.4) is 0 Å². The zero-order chi connectivity index (χ0) is 10.9. The van der Waals surface area contributed by atoms with E-state index >= 15 is 0 Å². The topological polar surface area (TPSA) is 94.1 Å². The zero-order valence-electron chi connectivity index (χ0n) is 8.25. The Hall–Kier alpha value is -1.15. The maximum atomic E-state index is 11.7. The van der Waals surface area contributed by atoms with Gasteiger partial charge in [-0.05, 0) is 13.8 Å². The van der Waals surface area contributed by atoms with Crippen molar-refractivity contribution >= 4 is 16.2 Å². The molecule has 0 saturated carbocycles. The van der Waals surface area contributed by atoms with E-state index in [0.717, 1.165) is 10.4 Å². The van der Waals surface area contributed by atoms with E-state index in [1.54, 1.807) is 13.8 Å². The molecule has 0 amide bonds.